The van der Waals surface area contributed by atoms with Crippen molar-refractivity contribution in [1.29, 1.82) is 0 Å². The first-order chi connectivity index (χ1) is 31.1. The monoisotopic (exact) mass is 965 g/mol. The molecule has 20 nitrogen and oxygen atoms in total. The molecule has 2 aromatic heterocycles. The number of carbonyl (C=O) groups is 3. The van der Waals surface area contributed by atoms with E-state index in [1.165, 1.54) is 19.1 Å². The molecule has 1 saturated heterocycles. The number of benzene rings is 3. The molecule has 6 rings (SSSR count). The van der Waals surface area contributed by atoms with Crippen LogP contribution >= 0.6 is 0 Å². The number of fused-ring (bicyclic) bond motifs is 1. The quantitative estimate of drug-likeness (QED) is 0.0716. The summed E-state index contributed by atoms with van der Waals surface area (Å²) in [6.07, 6.45) is 4.01. The first-order valence-electron chi connectivity index (χ1n) is 20.9. The van der Waals surface area contributed by atoms with Crippen molar-refractivity contribution in [3.63, 3.8) is 0 Å². The Morgan fingerprint density at radius 2 is 1.36 bits per heavy atom. The molecule has 3 aromatic carbocycles. The maximum absolute atomic E-state index is 13.8. The number of nitrogens with two attached hydrogens (primary N) is 1. The number of para-hydroxylation sites is 1. The van der Waals surface area contributed by atoms with Crippen LogP contribution in [0.2, 0.25) is 0 Å². The maximum atomic E-state index is 13.8. The van der Waals surface area contributed by atoms with Gasteiger partial charge in [0.15, 0.2) is 17.2 Å². The van der Waals surface area contributed by atoms with Crippen LogP contribution in [0.25, 0.3) is 10.9 Å². The third-order valence-electron chi connectivity index (χ3n) is 10.6. The highest BCUT2D eigenvalue weighted by molar-refractivity contribution is 7.92. The maximum Gasteiger partial charge on any atom is 0.407 e. The van der Waals surface area contributed by atoms with E-state index in [1.807, 2.05) is 53.7 Å². The summed E-state index contributed by atoms with van der Waals surface area (Å²) in [7, 11) is -2.62. The lowest BCUT2D eigenvalue weighted by atomic mass is 9.85. The number of anilines is 4. The molecule has 22 heteroatoms. The van der Waals surface area contributed by atoms with E-state index in [0.29, 0.717) is 60.4 Å². The largest absolute Gasteiger partial charge is 0.494 e. The molecule has 5 aromatic rings. The van der Waals surface area contributed by atoms with Crippen LogP contribution < -0.4 is 40.0 Å². The number of carbonyl (C=O) groups excluding carboxylic acids is 2. The number of ether oxygens (including phenoxy) is 3. The van der Waals surface area contributed by atoms with Crippen LogP contribution in [-0.4, -0.2) is 105 Å². The van der Waals surface area contributed by atoms with Crippen LogP contribution in [0.3, 0.4) is 0 Å². The second-order valence-corrected chi connectivity index (χ2v) is 21.6. The van der Waals surface area contributed by atoms with E-state index in [2.05, 4.69) is 30.0 Å². The Bertz CT molecular complexity index is 2900. The van der Waals surface area contributed by atoms with Gasteiger partial charge in [-0.05, 0) is 71.2 Å². The van der Waals surface area contributed by atoms with Crippen molar-refractivity contribution in [2.75, 3.05) is 59.9 Å². The molecule has 1 aliphatic heterocycles. The number of hydrogen-bond donors (Lipinski definition) is 6. The summed E-state index contributed by atoms with van der Waals surface area (Å²) in [6, 6.07) is 15.6. The normalized spacial score (nSPS) is 13.5. The molecule has 7 N–H and O–H groups in total. The number of aryl methyl sites for hydroxylation is 1. The summed E-state index contributed by atoms with van der Waals surface area (Å²) in [5.74, 6) is 0.314. The van der Waals surface area contributed by atoms with E-state index in [1.54, 1.807) is 60.3 Å². The Labute approximate surface area is 390 Å². The Kier molecular flexibility index (Phi) is 15.3. The summed E-state index contributed by atoms with van der Waals surface area (Å²) in [5, 5.41) is 16.1. The lowest BCUT2D eigenvalue weighted by molar-refractivity contribution is 0.0994. The number of amides is 3. The summed E-state index contributed by atoms with van der Waals surface area (Å²) >= 11 is 0. The summed E-state index contributed by atoms with van der Waals surface area (Å²) in [5.41, 5.74) is 8.13. The van der Waals surface area contributed by atoms with Crippen molar-refractivity contribution in [3.8, 4) is 23.1 Å². The minimum Gasteiger partial charge on any atom is -0.494 e. The van der Waals surface area contributed by atoms with Crippen LogP contribution in [-0.2, 0) is 37.9 Å². The van der Waals surface area contributed by atoms with Gasteiger partial charge >= 0.3 is 6.09 Å². The summed E-state index contributed by atoms with van der Waals surface area (Å²) in [6.45, 7) is 12.7. The predicted octanol–water partition coefficient (Wildman–Crippen LogP) is 6.71. The van der Waals surface area contributed by atoms with E-state index in [-0.39, 0.29) is 45.3 Å². The fraction of sp³-hybridized carbons (Fsp3) is 0.400. The highest BCUT2D eigenvalue weighted by Gasteiger charge is 2.27. The smallest absolute Gasteiger partial charge is 0.407 e. The van der Waals surface area contributed by atoms with Crippen LogP contribution in [0, 0.1) is 0 Å². The van der Waals surface area contributed by atoms with Gasteiger partial charge in [-0.1, -0.05) is 53.7 Å². The molecule has 0 spiro atoms. The van der Waals surface area contributed by atoms with Gasteiger partial charge in [-0.15, -0.1) is 0 Å². The molecule has 0 radical (unpaired) electrons. The number of piperidine rings is 1. The number of likely N-dealkylation sites (tertiary alicyclic amines) is 1. The average molecular weight is 966 g/mol. The number of carboxylic acid groups (broad SMARTS) is 1. The molecule has 0 unspecified atom stereocenters. The molecule has 0 saturated carbocycles. The standard InChI is InChI=1S/C32H39N7O7S.C13H20N2O4S/c1-32(2,3)20-17-22(28(45-5)23(18-20)37-47(6,43)44)35-29(40)24-16-19-8-7-9-25(27(19)38(24)4)46-26-10-13-33-30(36-26)34-21-11-14-39(15-12-21)31(41)42;1-13(2,3)8-6-9(12(14)16)11(19-4)10(7-8)15-20(5,17)18/h7-10,13,16-18,21,37H,11-12,14-15H2,1-6H3,(H,35,40)(H,41,42)(H,33,34,36);6-7,15H,1-5H3,(H2,14,16). The molecule has 1 aliphatic rings. The van der Waals surface area contributed by atoms with Crippen molar-refractivity contribution >= 4 is 71.9 Å². The van der Waals surface area contributed by atoms with Crippen molar-refractivity contribution in [2.24, 2.45) is 12.8 Å². The zero-order valence-corrected chi connectivity index (χ0v) is 41.0. The van der Waals surface area contributed by atoms with Crippen LogP contribution in [0.5, 0.6) is 23.1 Å². The Balaban J connectivity index is 0.000000352. The lowest BCUT2D eigenvalue weighted by Crippen LogP contribution is -2.41. The molecule has 3 heterocycles. The molecule has 0 atom stereocenters. The van der Waals surface area contributed by atoms with E-state index in [9.17, 15) is 36.3 Å². The molecule has 362 valence electrons. The van der Waals surface area contributed by atoms with Crippen molar-refractivity contribution in [2.45, 2.75) is 71.3 Å². The van der Waals surface area contributed by atoms with E-state index in [4.69, 9.17) is 19.9 Å². The number of rotatable bonds is 13. The zero-order chi connectivity index (χ0) is 49.8. The molecule has 3 amide bonds. The van der Waals surface area contributed by atoms with Gasteiger partial charge in [0.2, 0.25) is 31.9 Å². The van der Waals surface area contributed by atoms with Gasteiger partial charge in [-0.2, -0.15) is 4.98 Å². The number of sulfonamides is 2. The molecule has 0 aliphatic carbocycles. The first-order valence-corrected chi connectivity index (χ1v) is 24.7. The van der Waals surface area contributed by atoms with Crippen molar-refractivity contribution < 1.29 is 50.5 Å². The predicted molar refractivity (Wildman–Crippen MR) is 258 cm³/mol. The van der Waals surface area contributed by atoms with Gasteiger partial charge in [-0.3, -0.25) is 19.0 Å². The van der Waals surface area contributed by atoms with Gasteiger partial charge in [-0.25, -0.2) is 26.6 Å². The SMILES string of the molecule is COc1c(NC(=O)c2cc3cccc(Oc4ccnc(NC5CCN(C(=O)O)CC5)n4)c3n2C)cc(C(C)(C)C)cc1NS(C)(=O)=O.COc1c(NS(C)(=O)=O)cc(C(C)(C)C)cc1C(N)=O. The minimum absolute atomic E-state index is 0.0270. The fourth-order valence-corrected chi connectivity index (χ4v) is 8.34. The van der Waals surface area contributed by atoms with Gasteiger partial charge in [0.1, 0.15) is 5.69 Å². The number of primary amides is 1. The van der Waals surface area contributed by atoms with E-state index >= 15 is 0 Å². The fourth-order valence-electron chi connectivity index (χ4n) is 7.24. The van der Waals surface area contributed by atoms with Crippen molar-refractivity contribution in [3.05, 3.63) is 83.2 Å². The second-order valence-electron chi connectivity index (χ2n) is 18.1. The van der Waals surface area contributed by atoms with E-state index < -0.39 is 38.0 Å². The van der Waals surface area contributed by atoms with Gasteiger partial charge in [0, 0.05) is 43.8 Å². The molecule has 67 heavy (non-hydrogen) atoms. The van der Waals surface area contributed by atoms with Crippen LogP contribution in [0.15, 0.2) is 60.8 Å². The second kappa shape index (κ2) is 20.0. The molecular weight excluding hydrogens is 907 g/mol. The third-order valence-corrected chi connectivity index (χ3v) is 11.8. The van der Waals surface area contributed by atoms with Gasteiger partial charge < -0.3 is 45.2 Å². The van der Waals surface area contributed by atoms with Gasteiger partial charge in [0.05, 0.1) is 54.9 Å². The number of aromatic nitrogens is 3. The molecular formula is C45H59N9O11S2. The van der Waals surface area contributed by atoms with Gasteiger partial charge in [0.25, 0.3) is 11.8 Å². The Morgan fingerprint density at radius 1 is 0.806 bits per heavy atom. The Morgan fingerprint density at radius 3 is 1.88 bits per heavy atom. The molecule has 0 bridgehead atoms. The number of nitrogens with one attached hydrogen (secondary N) is 4. The Hall–Kier alpha value is -6.81. The molecule has 1 fully saturated rings. The van der Waals surface area contributed by atoms with Crippen LogP contribution in [0.4, 0.5) is 27.8 Å². The number of nitrogens with zero attached hydrogens (tertiary/aromatic N) is 4. The average Bonchev–Trinajstić information content (AvgIpc) is 3.56. The highest BCUT2D eigenvalue weighted by Crippen LogP contribution is 2.40. The number of methoxy groups -OCH3 is 2. The first kappa shape index (κ1) is 51.2. The summed E-state index contributed by atoms with van der Waals surface area (Å²) in [4.78, 5) is 46.7. The topological polar surface area (TPSA) is 275 Å². The van der Waals surface area contributed by atoms with Crippen molar-refractivity contribution in [1.82, 2.24) is 19.4 Å². The highest BCUT2D eigenvalue weighted by atomic mass is 32.2. The summed E-state index contributed by atoms with van der Waals surface area (Å²) < 4.78 is 70.6. The van der Waals surface area contributed by atoms with Crippen LogP contribution in [0.1, 0.15) is 86.4 Å². The van der Waals surface area contributed by atoms with E-state index in [0.717, 1.165) is 29.0 Å². The number of hydrogen-bond acceptors (Lipinski definition) is 13. The lowest BCUT2D eigenvalue weighted by Gasteiger charge is -2.30. The zero-order valence-electron chi connectivity index (χ0n) is 39.4. The minimum atomic E-state index is -3.63. The third kappa shape index (κ3) is 13.2.